The predicted molar refractivity (Wildman–Crippen MR) is 60.7 cm³/mol. The molecule has 0 aromatic carbocycles. The average Bonchev–Trinajstić information content (AvgIpc) is 2.84. The molecule has 3 rings (SSSR count). The predicted octanol–water partition coefficient (Wildman–Crippen LogP) is 1.15. The van der Waals surface area contributed by atoms with Crippen molar-refractivity contribution in [1.29, 1.82) is 0 Å². The maximum absolute atomic E-state index is 6.05. The monoisotopic (exact) mass is 217 g/mol. The van der Waals surface area contributed by atoms with Crippen molar-refractivity contribution < 1.29 is 0 Å². The largest absolute Gasteiger partial charge is 0.340 e. The van der Waals surface area contributed by atoms with Gasteiger partial charge in [0.05, 0.1) is 5.69 Å². The Hall–Kier alpha value is -1.62. The number of fused-ring (bicyclic) bond motifs is 1. The van der Waals surface area contributed by atoms with Gasteiger partial charge in [0.1, 0.15) is 5.69 Å². The van der Waals surface area contributed by atoms with Crippen molar-refractivity contribution in [2.24, 2.45) is 12.8 Å². The lowest BCUT2D eigenvalue weighted by molar-refractivity contribution is 0.555. The SMILES string of the molecule is Cn1nccc1-c1nc2c([nH]1)CCCC2N. The van der Waals surface area contributed by atoms with E-state index >= 15 is 0 Å². The highest BCUT2D eigenvalue weighted by atomic mass is 15.3. The fraction of sp³-hybridized carbons (Fsp3) is 0.455. The van der Waals surface area contributed by atoms with Gasteiger partial charge >= 0.3 is 0 Å². The van der Waals surface area contributed by atoms with E-state index in [1.54, 1.807) is 6.20 Å². The summed E-state index contributed by atoms with van der Waals surface area (Å²) in [4.78, 5) is 7.95. The Morgan fingerprint density at radius 1 is 1.56 bits per heavy atom. The second-order valence-electron chi connectivity index (χ2n) is 4.29. The number of H-pyrrole nitrogens is 1. The first-order valence-corrected chi connectivity index (χ1v) is 5.58. The quantitative estimate of drug-likeness (QED) is 0.752. The van der Waals surface area contributed by atoms with Gasteiger partial charge in [-0.2, -0.15) is 5.10 Å². The maximum atomic E-state index is 6.05. The molecule has 16 heavy (non-hydrogen) atoms. The van der Waals surface area contributed by atoms with E-state index in [-0.39, 0.29) is 6.04 Å². The van der Waals surface area contributed by atoms with Crippen LogP contribution in [-0.4, -0.2) is 19.7 Å². The van der Waals surface area contributed by atoms with Gasteiger partial charge in [0, 0.05) is 25.0 Å². The molecule has 0 saturated heterocycles. The number of nitrogens with one attached hydrogen (secondary N) is 1. The molecule has 2 aromatic heterocycles. The van der Waals surface area contributed by atoms with Crippen LogP contribution in [0, 0.1) is 0 Å². The Morgan fingerprint density at radius 3 is 3.12 bits per heavy atom. The molecule has 2 heterocycles. The minimum absolute atomic E-state index is 0.0852. The van der Waals surface area contributed by atoms with Crippen LogP contribution in [0.15, 0.2) is 12.3 Å². The summed E-state index contributed by atoms with van der Waals surface area (Å²) in [6.07, 6.45) is 4.99. The summed E-state index contributed by atoms with van der Waals surface area (Å²) in [7, 11) is 1.91. The van der Waals surface area contributed by atoms with Crippen LogP contribution in [0.25, 0.3) is 11.5 Å². The Bertz CT molecular complexity index is 510. The summed E-state index contributed by atoms with van der Waals surface area (Å²) >= 11 is 0. The molecule has 1 aliphatic carbocycles. The van der Waals surface area contributed by atoms with Gasteiger partial charge in [-0.1, -0.05) is 0 Å². The van der Waals surface area contributed by atoms with E-state index in [1.165, 1.54) is 5.69 Å². The second-order valence-corrected chi connectivity index (χ2v) is 4.29. The summed E-state index contributed by atoms with van der Waals surface area (Å²) < 4.78 is 1.82. The average molecular weight is 217 g/mol. The number of hydrogen-bond acceptors (Lipinski definition) is 3. The van der Waals surface area contributed by atoms with Crippen molar-refractivity contribution in [2.45, 2.75) is 25.3 Å². The minimum atomic E-state index is 0.0852. The van der Waals surface area contributed by atoms with Crippen molar-refractivity contribution in [1.82, 2.24) is 19.7 Å². The molecule has 1 atom stereocenters. The molecule has 1 aliphatic rings. The van der Waals surface area contributed by atoms with Crippen molar-refractivity contribution in [3.05, 3.63) is 23.7 Å². The van der Waals surface area contributed by atoms with E-state index in [1.807, 2.05) is 17.8 Å². The molecule has 0 aliphatic heterocycles. The number of aromatic amines is 1. The fourth-order valence-electron chi connectivity index (χ4n) is 2.28. The third-order valence-corrected chi connectivity index (χ3v) is 3.17. The lowest BCUT2D eigenvalue weighted by Crippen LogP contribution is -2.17. The van der Waals surface area contributed by atoms with Crippen LogP contribution in [0.2, 0.25) is 0 Å². The van der Waals surface area contributed by atoms with Crippen molar-refractivity contribution in [2.75, 3.05) is 0 Å². The first kappa shape index (κ1) is 9.59. The number of imidazole rings is 1. The first-order valence-electron chi connectivity index (χ1n) is 5.58. The third-order valence-electron chi connectivity index (χ3n) is 3.17. The number of nitrogens with two attached hydrogens (primary N) is 1. The highest BCUT2D eigenvalue weighted by molar-refractivity contribution is 5.51. The van der Waals surface area contributed by atoms with Gasteiger partial charge in [-0.25, -0.2) is 4.98 Å². The number of hydrogen-bond donors (Lipinski definition) is 2. The van der Waals surface area contributed by atoms with E-state index in [0.717, 1.165) is 36.5 Å². The van der Waals surface area contributed by atoms with Gasteiger partial charge in [0.25, 0.3) is 0 Å². The van der Waals surface area contributed by atoms with Gasteiger partial charge in [0.15, 0.2) is 5.82 Å². The Balaban J connectivity index is 2.08. The van der Waals surface area contributed by atoms with Crippen LogP contribution in [0.3, 0.4) is 0 Å². The van der Waals surface area contributed by atoms with Crippen LogP contribution < -0.4 is 5.73 Å². The summed E-state index contributed by atoms with van der Waals surface area (Å²) in [6, 6.07) is 2.04. The van der Waals surface area contributed by atoms with Crippen molar-refractivity contribution in [3.8, 4) is 11.5 Å². The van der Waals surface area contributed by atoms with E-state index in [0.29, 0.717) is 0 Å². The number of aryl methyl sites for hydroxylation is 2. The van der Waals surface area contributed by atoms with Crippen molar-refractivity contribution in [3.63, 3.8) is 0 Å². The van der Waals surface area contributed by atoms with Gasteiger partial charge in [-0.05, 0) is 25.3 Å². The van der Waals surface area contributed by atoms with E-state index in [4.69, 9.17) is 5.73 Å². The topological polar surface area (TPSA) is 72.5 Å². The Kier molecular flexibility index (Phi) is 2.07. The Labute approximate surface area is 93.7 Å². The number of aromatic nitrogens is 4. The summed E-state index contributed by atoms with van der Waals surface area (Å²) in [5.74, 6) is 0.877. The molecule has 5 heteroatoms. The van der Waals surface area contributed by atoms with Gasteiger partial charge in [-0.15, -0.1) is 0 Å². The number of nitrogens with zero attached hydrogens (tertiary/aromatic N) is 3. The fourth-order valence-corrected chi connectivity index (χ4v) is 2.28. The third kappa shape index (κ3) is 1.36. The zero-order chi connectivity index (χ0) is 11.1. The molecule has 3 N–H and O–H groups in total. The summed E-state index contributed by atoms with van der Waals surface area (Å²) in [5.41, 5.74) is 9.27. The smallest absolute Gasteiger partial charge is 0.156 e. The van der Waals surface area contributed by atoms with Gasteiger partial charge in [-0.3, -0.25) is 4.68 Å². The lowest BCUT2D eigenvalue weighted by atomic mass is 9.97. The van der Waals surface area contributed by atoms with Crippen LogP contribution in [0.1, 0.15) is 30.3 Å². The zero-order valence-electron chi connectivity index (χ0n) is 9.27. The molecular formula is C11H15N5. The standard InChI is InChI=1S/C11H15N5/c1-16-9(5-6-13-16)11-14-8-4-2-3-7(12)10(8)15-11/h5-7H,2-4,12H2,1H3,(H,14,15). The van der Waals surface area contributed by atoms with Gasteiger partial charge in [0.2, 0.25) is 0 Å². The zero-order valence-corrected chi connectivity index (χ0v) is 9.27. The maximum Gasteiger partial charge on any atom is 0.156 e. The lowest BCUT2D eigenvalue weighted by Gasteiger charge is -2.15. The molecule has 0 bridgehead atoms. The number of rotatable bonds is 1. The van der Waals surface area contributed by atoms with Crippen LogP contribution in [0.4, 0.5) is 0 Å². The second kappa shape index (κ2) is 3.45. The summed E-state index contributed by atoms with van der Waals surface area (Å²) in [5, 5.41) is 4.14. The molecule has 84 valence electrons. The van der Waals surface area contributed by atoms with E-state index in [9.17, 15) is 0 Å². The van der Waals surface area contributed by atoms with E-state index in [2.05, 4.69) is 15.1 Å². The molecule has 2 aromatic rings. The summed E-state index contributed by atoms with van der Waals surface area (Å²) in [6.45, 7) is 0. The molecule has 0 amide bonds. The molecule has 0 radical (unpaired) electrons. The normalized spacial score (nSPS) is 19.8. The molecule has 0 spiro atoms. The highest BCUT2D eigenvalue weighted by Gasteiger charge is 2.22. The van der Waals surface area contributed by atoms with Crippen LogP contribution in [-0.2, 0) is 13.5 Å². The first-order chi connectivity index (χ1) is 7.75. The minimum Gasteiger partial charge on any atom is -0.340 e. The van der Waals surface area contributed by atoms with Gasteiger partial charge < -0.3 is 10.7 Å². The highest BCUT2D eigenvalue weighted by Crippen LogP contribution is 2.28. The van der Waals surface area contributed by atoms with Crippen molar-refractivity contribution >= 4 is 0 Å². The van der Waals surface area contributed by atoms with Crippen LogP contribution in [0.5, 0.6) is 0 Å². The Morgan fingerprint density at radius 2 is 2.44 bits per heavy atom. The van der Waals surface area contributed by atoms with Crippen LogP contribution >= 0.6 is 0 Å². The molecule has 5 nitrogen and oxygen atoms in total. The van der Waals surface area contributed by atoms with E-state index < -0.39 is 0 Å². The molecule has 0 fully saturated rings. The molecule has 1 unspecified atom stereocenters. The molecule has 0 saturated carbocycles. The molecular weight excluding hydrogens is 202 g/mol.